The Hall–Kier alpha value is -2.01. The van der Waals surface area contributed by atoms with E-state index in [0.29, 0.717) is 17.2 Å². The van der Waals surface area contributed by atoms with E-state index in [9.17, 15) is 4.79 Å². The minimum Gasteiger partial charge on any atom is -0.493 e. The summed E-state index contributed by atoms with van der Waals surface area (Å²) in [5.41, 5.74) is 0. The first-order chi connectivity index (χ1) is 9.69. The van der Waals surface area contributed by atoms with Crippen molar-refractivity contribution in [2.75, 3.05) is 13.7 Å². The second-order valence-corrected chi connectivity index (χ2v) is 4.78. The van der Waals surface area contributed by atoms with Crippen molar-refractivity contribution >= 4 is 21.9 Å². The Morgan fingerprint density at radius 3 is 2.35 bits per heavy atom. The van der Waals surface area contributed by atoms with Crippen molar-refractivity contribution in [1.82, 2.24) is 0 Å². The highest BCUT2D eigenvalue weighted by Crippen LogP contribution is 2.25. The zero-order valence-electron chi connectivity index (χ0n) is 10.8. The lowest BCUT2D eigenvalue weighted by atomic mass is 10.3. The fourth-order valence-corrected chi connectivity index (χ4v) is 1.80. The predicted molar refractivity (Wildman–Crippen MR) is 78.3 cm³/mol. The molecule has 0 radical (unpaired) electrons. The molecule has 20 heavy (non-hydrogen) atoms. The van der Waals surface area contributed by atoms with E-state index in [1.165, 1.54) is 0 Å². The van der Waals surface area contributed by atoms with Crippen LogP contribution in [0.15, 0.2) is 53.0 Å². The van der Waals surface area contributed by atoms with Gasteiger partial charge >= 0.3 is 5.97 Å². The molecule has 0 N–H and O–H groups in total. The number of rotatable bonds is 5. The van der Waals surface area contributed by atoms with Crippen LogP contribution in [0.4, 0.5) is 0 Å². The first-order valence-electron chi connectivity index (χ1n) is 5.91. The van der Waals surface area contributed by atoms with Crippen LogP contribution in [-0.4, -0.2) is 19.7 Å². The maximum Gasteiger partial charge on any atom is 0.349 e. The zero-order chi connectivity index (χ0) is 14.4. The van der Waals surface area contributed by atoms with E-state index in [0.717, 1.165) is 4.47 Å². The van der Waals surface area contributed by atoms with Crippen LogP contribution in [0.5, 0.6) is 17.2 Å². The Balaban J connectivity index is 1.90. The SMILES string of the molecule is COc1ccccc1OCC(=O)Oc1ccc(Br)cc1. The summed E-state index contributed by atoms with van der Waals surface area (Å²) in [5, 5.41) is 0. The maximum atomic E-state index is 11.7. The molecule has 0 fully saturated rings. The molecule has 0 saturated heterocycles. The third-order valence-corrected chi connectivity index (χ3v) is 2.99. The van der Waals surface area contributed by atoms with E-state index in [-0.39, 0.29) is 6.61 Å². The highest BCUT2D eigenvalue weighted by molar-refractivity contribution is 9.10. The van der Waals surface area contributed by atoms with Crippen molar-refractivity contribution in [3.63, 3.8) is 0 Å². The fraction of sp³-hybridized carbons (Fsp3) is 0.133. The highest BCUT2D eigenvalue weighted by Gasteiger charge is 2.08. The van der Waals surface area contributed by atoms with Gasteiger partial charge in [-0.25, -0.2) is 4.79 Å². The van der Waals surface area contributed by atoms with Gasteiger partial charge in [-0.15, -0.1) is 0 Å². The molecule has 104 valence electrons. The first-order valence-corrected chi connectivity index (χ1v) is 6.70. The molecule has 0 bridgehead atoms. The summed E-state index contributed by atoms with van der Waals surface area (Å²) >= 11 is 3.31. The van der Waals surface area contributed by atoms with Crippen LogP contribution in [0.1, 0.15) is 0 Å². The molecule has 2 aromatic rings. The average molecular weight is 337 g/mol. The van der Waals surface area contributed by atoms with Crippen LogP contribution in [0.3, 0.4) is 0 Å². The van der Waals surface area contributed by atoms with Gasteiger partial charge < -0.3 is 14.2 Å². The van der Waals surface area contributed by atoms with Gasteiger partial charge in [0, 0.05) is 4.47 Å². The second-order valence-electron chi connectivity index (χ2n) is 3.87. The Bertz CT molecular complexity index is 581. The number of carbonyl (C=O) groups is 1. The summed E-state index contributed by atoms with van der Waals surface area (Å²) in [6.45, 7) is -0.184. The molecule has 4 nitrogen and oxygen atoms in total. The van der Waals surface area contributed by atoms with Crippen molar-refractivity contribution < 1.29 is 19.0 Å². The number of hydrogen-bond donors (Lipinski definition) is 0. The summed E-state index contributed by atoms with van der Waals surface area (Å²) < 4.78 is 16.6. The van der Waals surface area contributed by atoms with Crippen molar-refractivity contribution in [2.45, 2.75) is 0 Å². The van der Waals surface area contributed by atoms with Gasteiger partial charge in [-0.3, -0.25) is 0 Å². The number of ether oxygens (including phenoxy) is 3. The molecule has 0 atom stereocenters. The molecule has 0 aliphatic rings. The van der Waals surface area contributed by atoms with Gasteiger partial charge in [0.25, 0.3) is 0 Å². The number of para-hydroxylation sites is 2. The quantitative estimate of drug-likeness (QED) is 0.619. The van der Waals surface area contributed by atoms with E-state index in [1.807, 2.05) is 6.07 Å². The normalized spacial score (nSPS) is 9.90. The summed E-state index contributed by atoms with van der Waals surface area (Å²) in [7, 11) is 1.54. The summed E-state index contributed by atoms with van der Waals surface area (Å²) in [6, 6.07) is 14.1. The molecule has 0 aliphatic carbocycles. The predicted octanol–water partition coefficient (Wildman–Crippen LogP) is 3.44. The Morgan fingerprint density at radius 2 is 1.70 bits per heavy atom. The van der Waals surface area contributed by atoms with Crippen LogP contribution in [0, 0.1) is 0 Å². The summed E-state index contributed by atoms with van der Waals surface area (Å²) in [6.07, 6.45) is 0. The molecule has 0 spiro atoms. The van der Waals surface area contributed by atoms with Gasteiger partial charge in [0.05, 0.1) is 7.11 Å². The van der Waals surface area contributed by atoms with Gasteiger partial charge in [0.2, 0.25) is 0 Å². The van der Waals surface area contributed by atoms with E-state index in [1.54, 1.807) is 49.6 Å². The first kappa shape index (κ1) is 14.4. The van der Waals surface area contributed by atoms with Gasteiger partial charge in [0.1, 0.15) is 5.75 Å². The van der Waals surface area contributed by atoms with Crippen molar-refractivity contribution in [1.29, 1.82) is 0 Å². The number of halogens is 1. The third-order valence-electron chi connectivity index (χ3n) is 2.46. The fourth-order valence-electron chi connectivity index (χ4n) is 1.54. The number of hydrogen-bond acceptors (Lipinski definition) is 4. The van der Waals surface area contributed by atoms with Crippen LogP contribution in [0.2, 0.25) is 0 Å². The standard InChI is InChI=1S/C15H13BrO4/c1-18-13-4-2-3-5-14(13)19-10-15(17)20-12-8-6-11(16)7-9-12/h2-9H,10H2,1H3. The zero-order valence-corrected chi connectivity index (χ0v) is 12.4. The smallest absolute Gasteiger partial charge is 0.349 e. The molecular weight excluding hydrogens is 324 g/mol. The molecule has 5 heteroatoms. The Labute approximate surface area is 125 Å². The van der Waals surface area contributed by atoms with E-state index < -0.39 is 5.97 Å². The van der Waals surface area contributed by atoms with Crippen LogP contribution in [-0.2, 0) is 4.79 Å². The lowest BCUT2D eigenvalue weighted by Crippen LogP contribution is -2.17. The van der Waals surface area contributed by atoms with Gasteiger partial charge in [-0.1, -0.05) is 28.1 Å². The molecule has 0 aromatic heterocycles. The lowest BCUT2D eigenvalue weighted by molar-refractivity contribution is -0.136. The minimum absolute atomic E-state index is 0.184. The number of methoxy groups -OCH3 is 1. The minimum atomic E-state index is -0.474. The molecule has 0 amide bonds. The lowest BCUT2D eigenvalue weighted by Gasteiger charge is -2.09. The Morgan fingerprint density at radius 1 is 1.05 bits per heavy atom. The molecule has 0 unspecified atom stereocenters. The second kappa shape index (κ2) is 6.96. The van der Waals surface area contributed by atoms with Crippen molar-refractivity contribution in [2.24, 2.45) is 0 Å². The molecule has 0 saturated carbocycles. The van der Waals surface area contributed by atoms with Crippen LogP contribution in [0.25, 0.3) is 0 Å². The number of carbonyl (C=O) groups excluding carboxylic acids is 1. The number of esters is 1. The van der Waals surface area contributed by atoms with Gasteiger partial charge in [-0.2, -0.15) is 0 Å². The third kappa shape index (κ3) is 3.99. The van der Waals surface area contributed by atoms with E-state index >= 15 is 0 Å². The van der Waals surface area contributed by atoms with Crippen LogP contribution < -0.4 is 14.2 Å². The summed E-state index contributed by atoms with van der Waals surface area (Å²) in [4.78, 5) is 11.7. The molecule has 2 rings (SSSR count). The van der Waals surface area contributed by atoms with Crippen LogP contribution >= 0.6 is 15.9 Å². The highest BCUT2D eigenvalue weighted by atomic mass is 79.9. The summed E-state index contributed by atoms with van der Waals surface area (Å²) in [5.74, 6) is 1.08. The Kier molecular flexibility index (Phi) is 5.01. The van der Waals surface area contributed by atoms with E-state index in [4.69, 9.17) is 14.2 Å². The van der Waals surface area contributed by atoms with Gasteiger partial charge in [0.15, 0.2) is 18.1 Å². The topological polar surface area (TPSA) is 44.8 Å². The van der Waals surface area contributed by atoms with Crippen molar-refractivity contribution in [3.05, 3.63) is 53.0 Å². The van der Waals surface area contributed by atoms with E-state index in [2.05, 4.69) is 15.9 Å². The molecule has 2 aromatic carbocycles. The largest absolute Gasteiger partial charge is 0.493 e. The van der Waals surface area contributed by atoms with Gasteiger partial charge in [-0.05, 0) is 36.4 Å². The molecular formula is C15H13BrO4. The average Bonchev–Trinajstić information content (AvgIpc) is 2.48. The number of benzene rings is 2. The maximum absolute atomic E-state index is 11.7. The molecule has 0 aliphatic heterocycles. The monoisotopic (exact) mass is 336 g/mol. The molecule has 0 heterocycles. The van der Waals surface area contributed by atoms with Crippen molar-refractivity contribution in [3.8, 4) is 17.2 Å².